The predicted octanol–water partition coefficient (Wildman–Crippen LogP) is 3.95. The lowest BCUT2D eigenvalue weighted by Gasteiger charge is -2.15. The van der Waals surface area contributed by atoms with E-state index in [4.69, 9.17) is 10.8 Å². The van der Waals surface area contributed by atoms with Crippen molar-refractivity contribution in [3.05, 3.63) is 70.3 Å². The maximum Gasteiger partial charge on any atom is 0.341 e. The first-order valence-electron chi connectivity index (χ1n) is 9.04. The summed E-state index contributed by atoms with van der Waals surface area (Å²) in [6.07, 6.45) is 2.06. The molecule has 0 unspecified atom stereocenters. The number of halogens is 1. The van der Waals surface area contributed by atoms with Crippen LogP contribution in [0.5, 0.6) is 0 Å². The fourth-order valence-corrected chi connectivity index (χ4v) is 2.74. The van der Waals surface area contributed by atoms with Gasteiger partial charge in [-0.15, -0.1) is 0 Å². The second-order valence-corrected chi connectivity index (χ2v) is 6.09. The number of carboxylic acids is 1. The van der Waals surface area contributed by atoms with Gasteiger partial charge in [0.2, 0.25) is 5.43 Å². The zero-order valence-electron chi connectivity index (χ0n) is 15.9. The molecule has 4 N–H and O–H groups in total. The lowest BCUT2D eigenvalue weighted by Crippen LogP contribution is -2.20. The number of fused-ring (bicyclic) bond motifs is 1. The van der Waals surface area contributed by atoms with Crippen molar-refractivity contribution in [2.75, 3.05) is 17.6 Å². The zero-order valence-corrected chi connectivity index (χ0v) is 15.9. The molecule has 148 valence electrons. The molecule has 0 amide bonds. The topological polar surface area (TPSA) is 97.3 Å². The molecule has 3 aromatic rings. The summed E-state index contributed by atoms with van der Waals surface area (Å²) in [4.78, 5) is 23.5. The Morgan fingerprint density at radius 2 is 1.75 bits per heavy atom. The molecule has 28 heavy (non-hydrogen) atoms. The van der Waals surface area contributed by atoms with Gasteiger partial charge >= 0.3 is 5.97 Å². The normalized spacial score (nSPS) is 10.2. The van der Waals surface area contributed by atoms with Crippen molar-refractivity contribution in [2.24, 2.45) is 0 Å². The number of anilines is 2. The second-order valence-electron chi connectivity index (χ2n) is 6.09. The summed E-state index contributed by atoms with van der Waals surface area (Å²) in [6, 6.07) is 13.5. The number of aromatic carboxylic acids is 1. The van der Waals surface area contributed by atoms with E-state index in [9.17, 15) is 14.0 Å². The van der Waals surface area contributed by atoms with Gasteiger partial charge in [0.05, 0.1) is 22.3 Å². The molecule has 0 saturated carbocycles. The largest absolute Gasteiger partial charge is 0.477 e. The molecular weight excluding hydrogens is 361 g/mol. The number of nitrogens with zero attached hydrogens (tertiary/aromatic N) is 1. The van der Waals surface area contributed by atoms with Gasteiger partial charge in [-0.1, -0.05) is 43.3 Å². The molecule has 2 aromatic carbocycles. The minimum absolute atomic E-state index is 0.0960. The number of carboxylic acid groups (broad SMARTS) is 1. The quantitative estimate of drug-likeness (QED) is 0.578. The summed E-state index contributed by atoms with van der Waals surface area (Å²) in [7, 11) is 0. The van der Waals surface area contributed by atoms with E-state index < -0.39 is 22.8 Å². The summed E-state index contributed by atoms with van der Waals surface area (Å²) in [6.45, 7) is 4.73. The highest BCUT2D eigenvalue weighted by atomic mass is 19.1. The molecular formula is C21H24FN3O3. The Kier molecular flexibility index (Phi) is 7.14. The van der Waals surface area contributed by atoms with Crippen LogP contribution >= 0.6 is 0 Å². The van der Waals surface area contributed by atoms with Crippen LogP contribution < -0.4 is 16.5 Å². The van der Waals surface area contributed by atoms with Gasteiger partial charge in [0, 0.05) is 19.3 Å². The van der Waals surface area contributed by atoms with E-state index in [1.807, 2.05) is 43.3 Å². The zero-order chi connectivity index (χ0) is 20.7. The number of nitrogens with one attached hydrogen (secondary N) is 1. The van der Waals surface area contributed by atoms with Crippen LogP contribution in [0.3, 0.4) is 0 Å². The number of aryl methyl sites for hydroxylation is 1. The fraction of sp³-hybridized carbons (Fsp3) is 0.238. The van der Waals surface area contributed by atoms with E-state index >= 15 is 0 Å². The van der Waals surface area contributed by atoms with Crippen molar-refractivity contribution in [3.63, 3.8) is 0 Å². The highest BCUT2D eigenvalue weighted by molar-refractivity contribution is 5.99. The molecule has 6 nitrogen and oxygen atoms in total. The van der Waals surface area contributed by atoms with Gasteiger partial charge in [-0.05, 0) is 19.4 Å². The molecule has 7 heteroatoms. The second kappa shape index (κ2) is 9.55. The van der Waals surface area contributed by atoms with Crippen molar-refractivity contribution in [1.29, 1.82) is 0 Å². The van der Waals surface area contributed by atoms with Crippen molar-refractivity contribution in [3.8, 4) is 0 Å². The van der Waals surface area contributed by atoms with Crippen LogP contribution in [0.1, 0.15) is 30.6 Å². The maximum absolute atomic E-state index is 14.3. The first-order valence-corrected chi connectivity index (χ1v) is 9.04. The van der Waals surface area contributed by atoms with Crippen LogP contribution in [-0.2, 0) is 6.54 Å². The van der Waals surface area contributed by atoms with Gasteiger partial charge in [0.25, 0.3) is 0 Å². The van der Waals surface area contributed by atoms with Gasteiger partial charge in [0.15, 0.2) is 5.82 Å². The van der Waals surface area contributed by atoms with Gasteiger partial charge in [-0.2, -0.15) is 0 Å². The van der Waals surface area contributed by atoms with E-state index in [0.717, 1.165) is 6.42 Å². The number of carbonyl (C=O) groups is 1. The van der Waals surface area contributed by atoms with Crippen LogP contribution in [0.25, 0.3) is 10.9 Å². The molecule has 0 radical (unpaired) electrons. The minimum Gasteiger partial charge on any atom is -0.477 e. The molecule has 1 heterocycles. The number of pyridine rings is 1. The number of hydrogen-bond acceptors (Lipinski definition) is 4. The SMILES string of the molecule is CCCNc1cc2c(c(N)c1F)c(=O)c(C(=O)O)cn2CC.c1ccccc1. The summed E-state index contributed by atoms with van der Waals surface area (Å²) in [5.41, 5.74) is 4.86. The highest BCUT2D eigenvalue weighted by Crippen LogP contribution is 2.29. The van der Waals surface area contributed by atoms with Gasteiger partial charge in [-0.25, -0.2) is 9.18 Å². The number of rotatable bonds is 5. The molecule has 0 fully saturated rings. The monoisotopic (exact) mass is 385 g/mol. The molecule has 1 aromatic heterocycles. The van der Waals surface area contributed by atoms with Gasteiger partial charge < -0.3 is 20.7 Å². The Bertz CT molecular complexity index is 990. The molecule has 0 spiro atoms. The lowest BCUT2D eigenvalue weighted by molar-refractivity contribution is 0.0695. The van der Waals surface area contributed by atoms with Crippen molar-refractivity contribution in [2.45, 2.75) is 26.8 Å². The molecule has 0 atom stereocenters. The number of benzene rings is 2. The molecule has 0 saturated heterocycles. The fourth-order valence-electron chi connectivity index (χ4n) is 2.74. The predicted molar refractivity (Wildman–Crippen MR) is 110 cm³/mol. The maximum atomic E-state index is 14.3. The minimum atomic E-state index is -1.36. The van der Waals surface area contributed by atoms with E-state index in [0.29, 0.717) is 18.6 Å². The van der Waals surface area contributed by atoms with Gasteiger partial charge in [-0.3, -0.25) is 4.79 Å². The number of aromatic nitrogens is 1. The van der Waals surface area contributed by atoms with E-state index in [1.165, 1.54) is 12.3 Å². The average molecular weight is 385 g/mol. The third kappa shape index (κ3) is 4.49. The average Bonchev–Trinajstić information content (AvgIpc) is 2.71. The number of nitrogen functional groups attached to an aromatic ring is 1. The third-order valence-electron chi connectivity index (χ3n) is 4.15. The number of nitrogens with two attached hydrogens (primary N) is 1. The Balaban J connectivity index is 0.000000397. The van der Waals surface area contributed by atoms with E-state index in [1.54, 1.807) is 11.5 Å². The lowest BCUT2D eigenvalue weighted by atomic mass is 10.1. The van der Waals surface area contributed by atoms with Crippen LogP contribution in [0.4, 0.5) is 15.8 Å². The molecule has 0 aliphatic rings. The molecule has 0 bridgehead atoms. The van der Waals surface area contributed by atoms with Crippen LogP contribution in [0, 0.1) is 5.82 Å². The standard InChI is InChI=1S/C15H18FN3O3.C6H6/c1-3-5-18-9-6-10-11(13(17)12(9)16)14(20)8(15(21)22)7-19(10)4-2;1-2-4-6-5-3-1/h6-7,18H,3-5,17H2,1-2H3,(H,21,22);1-6H. The van der Waals surface area contributed by atoms with Gasteiger partial charge in [0.1, 0.15) is 5.56 Å². The first-order chi connectivity index (χ1) is 13.4. The van der Waals surface area contributed by atoms with E-state index in [2.05, 4.69) is 5.32 Å². The van der Waals surface area contributed by atoms with Crippen LogP contribution in [-0.4, -0.2) is 22.2 Å². The summed E-state index contributed by atoms with van der Waals surface area (Å²) in [5, 5.41) is 11.9. The molecule has 3 rings (SSSR count). The first kappa shape index (κ1) is 21.0. The summed E-state index contributed by atoms with van der Waals surface area (Å²) in [5.74, 6) is -2.09. The van der Waals surface area contributed by atoms with Crippen molar-refractivity contribution in [1.82, 2.24) is 4.57 Å². The Morgan fingerprint density at radius 1 is 1.18 bits per heavy atom. The highest BCUT2D eigenvalue weighted by Gasteiger charge is 2.20. The Labute approximate surface area is 162 Å². The molecule has 0 aliphatic heterocycles. The Morgan fingerprint density at radius 3 is 2.21 bits per heavy atom. The van der Waals surface area contributed by atoms with Crippen LogP contribution in [0.15, 0.2) is 53.5 Å². The number of hydrogen-bond donors (Lipinski definition) is 3. The molecule has 0 aliphatic carbocycles. The Hall–Kier alpha value is -3.35. The third-order valence-corrected chi connectivity index (χ3v) is 4.15. The van der Waals surface area contributed by atoms with E-state index in [-0.39, 0.29) is 16.8 Å². The van der Waals surface area contributed by atoms with Crippen molar-refractivity contribution >= 4 is 28.2 Å². The smallest absolute Gasteiger partial charge is 0.341 e. The van der Waals surface area contributed by atoms with Crippen LogP contribution in [0.2, 0.25) is 0 Å². The summed E-state index contributed by atoms with van der Waals surface area (Å²) < 4.78 is 15.9. The van der Waals surface area contributed by atoms with Crippen molar-refractivity contribution < 1.29 is 14.3 Å². The summed E-state index contributed by atoms with van der Waals surface area (Å²) >= 11 is 0.